The Balaban J connectivity index is 2.47. The third kappa shape index (κ3) is 2.83. The predicted octanol–water partition coefficient (Wildman–Crippen LogP) is 1.88. The maximum Gasteiger partial charge on any atom is 0.152 e. The van der Waals surface area contributed by atoms with E-state index in [9.17, 15) is 0 Å². The molecular formula is C12H17BrN6. The van der Waals surface area contributed by atoms with Gasteiger partial charge in [0, 0.05) is 18.4 Å². The molecule has 102 valence electrons. The van der Waals surface area contributed by atoms with Crippen molar-refractivity contribution in [2.24, 2.45) is 5.84 Å². The fraction of sp³-hybridized carbons (Fsp3) is 0.417. The number of aromatic nitrogens is 4. The van der Waals surface area contributed by atoms with Gasteiger partial charge >= 0.3 is 0 Å². The fourth-order valence-electron chi connectivity index (χ4n) is 1.86. The molecule has 3 N–H and O–H groups in total. The van der Waals surface area contributed by atoms with E-state index in [0.29, 0.717) is 5.82 Å². The normalized spacial score (nSPS) is 12.9. The molecular weight excluding hydrogens is 308 g/mol. The van der Waals surface area contributed by atoms with Crippen molar-refractivity contribution < 1.29 is 0 Å². The molecule has 0 radical (unpaired) electrons. The van der Waals surface area contributed by atoms with Gasteiger partial charge in [-0.3, -0.25) is 10.5 Å². The SMILES string of the molecule is Cc1cnc(C(NN)c2c(Br)cnn2C(C)C)nc1. The van der Waals surface area contributed by atoms with Crippen LogP contribution < -0.4 is 11.3 Å². The smallest absolute Gasteiger partial charge is 0.152 e. The van der Waals surface area contributed by atoms with Crippen LogP contribution in [-0.2, 0) is 0 Å². The molecule has 2 aromatic heterocycles. The Morgan fingerprint density at radius 1 is 1.26 bits per heavy atom. The largest absolute Gasteiger partial charge is 0.270 e. The number of rotatable bonds is 4. The zero-order valence-corrected chi connectivity index (χ0v) is 12.7. The Morgan fingerprint density at radius 3 is 2.42 bits per heavy atom. The quantitative estimate of drug-likeness (QED) is 0.662. The van der Waals surface area contributed by atoms with Gasteiger partial charge in [0.05, 0.1) is 16.4 Å². The Morgan fingerprint density at radius 2 is 1.89 bits per heavy atom. The lowest BCUT2D eigenvalue weighted by Crippen LogP contribution is -2.32. The van der Waals surface area contributed by atoms with E-state index in [1.807, 2.05) is 11.6 Å². The molecule has 0 saturated carbocycles. The summed E-state index contributed by atoms with van der Waals surface area (Å²) in [5, 5.41) is 4.35. The molecule has 7 heteroatoms. The van der Waals surface area contributed by atoms with Crippen molar-refractivity contribution in [3.63, 3.8) is 0 Å². The Labute approximate surface area is 120 Å². The van der Waals surface area contributed by atoms with Crippen LogP contribution in [0.1, 0.15) is 43.0 Å². The predicted molar refractivity (Wildman–Crippen MR) is 76.2 cm³/mol. The summed E-state index contributed by atoms with van der Waals surface area (Å²) in [7, 11) is 0. The molecule has 0 bridgehead atoms. The van der Waals surface area contributed by atoms with Crippen molar-refractivity contribution >= 4 is 15.9 Å². The molecule has 0 saturated heterocycles. The lowest BCUT2D eigenvalue weighted by atomic mass is 10.2. The summed E-state index contributed by atoms with van der Waals surface area (Å²) in [4.78, 5) is 8.66. The van der Waals surface area contributed by atoms with E-state index < -0.39 is 0 Å². The summed E-state index contributed by atoms with van der Waals surface area (Å²) in [5.41, 5.74) is 4.69. The highest BCUT2D eigenvalue weighted by molar-refractivity contribution is 9.10. The van der Waals surface area contributed by atoms with E-state index >= 15 is 0 Å². The van der Waals surface area contributed by atoms with Crippen LogP contribution in [0.3, 0.4) is 0 Å². The van der Waals surface area contributed by atoms with Gasteiger partial charge in [-0.2, -0.15) is 5.10 Å². The van der Waals surface area contributed by atoms with Crippen molar-refractivity contribution in [2.45, 2.75) is 32.9 Å². The minimum Gasteiger partial charge on any atom is -0.270 e. The van der Waals surface area contributed by atoms with Crippen molar-refractivity contribution in [3.8, 4) is 0 Å². The van der Waals surface area contributed by atoms with Crippen molar-refractivity contribution in [3.05, 3.63) is 40.1 Å². The Kier molecular flexibility index (Phi) is 4.28. The molecule has 2 aromatic rings. The summed E-state index contributed by atoms with van der Waals surface area (Å²) in [6.07, 6.45) is 5.31. The zero-order chi connectivity index (χ0) is 14.0. The van der Waals surface area contributed by atoms with Crippen LogP contribution in [0.15, 0.2) is 23.1 Å². The van der Waals surface area contributed by atoms with E-state index in [2.05, 4.69) is 50.3 Å². The minimum absolute atomic E-state index is 0.225. The highest BCUT2D eigenvalue weighted by Gasteiger charge is 2.24. The lowest BCUT2D eigenvalue weighted by Gasteiger charge is -2.19. The molecule has 0 amide bonds. The van der Waals surface area contributed by atoms with Gasteiger partial charge < -0.3 is 0 Å². The first kappa shape index (κ1) is 14.1. The molecule has 0 aliphatic heterocycles. The standard InChI is InChI=1S/C12H17BrN6/c1-7(2)19-11(9(13)6-17-19)10(18-14)12-15-4-8(3)5-16-12/h4-7,10,18H,14H2,1-3H3. The molecule has 19 heavy (non-hydrogen) atoms. The molecule has 0 aliphatic carbocycles. The number of nitrogens with zero attached hydrogens (tertiary/aromatic N) is 4. The molecule has 2 rings (SSSR count). The van der Waals surface area contributed by atoms with Gasteiger partial charge in [0.25, 0.3) is 0 Å². The average molecular weight is 325 g/mol. The second-order valence-electron chi connectivity index (χ2n) is 4.63. The van der Waals surface area contributed by atoms with E-state index in [-0.39, 0.29) is 12.1 Å². The number of aryl methyl sites for hydroxylation is 1. The monoisotopic (exact) mass is 324 g/mol. The number of halogens is 1. The maximum atomic E-state index is 5.68. The molecule has 2 heterocycles. The first-order chi connectivity index (χ1) is 9.04. The number of nitrogens with one attached hydrogen (secondary N) is 1. The van der Waals surface area contributed by atoms with Crippen molar-refractivity contribution in [1.82, 2.24) is 25.2 Å². The van der Waals surface area contributed by atoms with Gasteiger partial charge in [-0.25, -0.2) is 15.4 Å². The number of nitrogens with two attached hydrogens (primary N) is 1. The van der Waals surface area contributed by atoms with Gasteiger partial charge in [0.15, 0.2) is 5.82 Å². The highest BCUT2D eigenvalue weighted by atomic mass is 79.9. The van der Waals surface area contributed by atoms with Gasteiger partial charge in [-0.05, 0) is 42.3 Å². The molecule has 6 nitrogen and oxygen atoms in total. The molecule has 0 aliphatic rings. The Bertz CT molecular complexity index is 548. The van der Waals surface area contributed by atoms with Crippen LogP contribution >= 0.6 is 15.9 Å². The van der Waals surface area contributed by atoms with Gasteiger partial charge in [-0.15, -0.1) is 0 Å². The van der Waals surface area contributed by atoms with E-state index in [0.717, 1.165) is 15.7 Å². The van der Waals surface area contributed by atoms with Crippen LogP contribution in [0.5, 0.6) is 0 Å². The maximum absolute atomic E-state index is 5.68. The van der Waals surface area contributed by atoms with Gasteiger partial charge in [0.1, 0.15) is 6.04 Å². The van der Waals surface area contributed by atoms with Crippen LogP contribution in [0.25, 0.3) is 0 Å². The van der Waals surface area contributed by atoms with Crippen LogP contribution in [-0.4, -0.2) is 19.7 Å². The van der Waals surface area contributed by atoms with Gasteiger partial charge in [0.2, 0.25) is 0 Å². The minimum atomic E-state index is -0.306. The van der Waals surface area contributed by atoms with Crippen molar-refractivity contribution in [1.29, 1.82) is 0 Å². The van der Waals surface area contributed by atoms with Gasteiger partial charge in [-0.1, -0.05) is 0 Å². The fourth-order valence-corrected chi connectivity index (χ4v) is 2.36. The second-order valence-corrected chi connectivity index (χ2v) is 5.49. The lowest BCUT2D eigenvalue weighted by molar-refractivity contribution is 0.467. The summed E-state index contributed by atoms with van der Waals surface area (Å²) in [6, 6.07) is -0.0810. The number of hydrogen-bond acceptors (Lipinski definition) is 5. The van der Waals surface area contributed by atoms with Crippen molar-refractivity contribution in [2.75, 3.05) is 0 Å². The third-order valence-electron chi connectivity index (χ3n) is 2.78. The second kappa shape index (κ2) is 5.77. The number of hydrogen-bond donors (Lipinski definition) is 2. The summed E-state index contributed by atoms with van der Waals surface area (Å²) >= 11 is 3.50. The topological polar surface area (TPSA) is 81.6 Å². The molecule has 0 fully saturated rings. The highest BCUT2D eigenvalue weighted by Crippen LogP contribution is 2.28. The zero-order valence-electron chi connectivity index (χ0n) is 11.1. The van der Waals surface area contributed by atoms with E-state index in [1.165, 1.54) is 0 Å². The molecule has 1 atom stereocenters. The molecule has 0 aromatic carbocycles. The molecule has 1 unspecified atom stereocenters. The Hall–Kier alpha value is -1.31. The van der Waals surface area contributed by atoms with Crippen LogP contribution in [0, 0.1) is 6.92 Å². The third-order valence-corrected chi connectivity index (χ3v) is 3.39. The van der Waals surface area contributed by atoms with E-state index in [1.54, 1.807) is 18.6 Å². The average Bonchev–Trinajstić information content (AvgIpc) is 2.75. The van der Waals surface area contributed by atoms with E-state index in [4.69, 9.17) is 5.84 Å². The van der Waals surface area contributed by atoms with Crippen LogP contribution in [0.4, 0.5) is 0 Å². The summed E-state index contributed by atoms with van der Waals surface area (Å²) in [6.45, 7) is 6.07. The first-order valence-electron chi connectivity index (χ1n) is 6.02. The molecule has 0 spiro atoms. The summed E-state index contributed by atoms with van der Waals surface area (Å²) < 4.78 is 2.78. The number of hydrazine groups is 1. The van der Waals surface area contributed by atoms with Crippen LogP contribution in [0.2, 0.25) is 0 Å². The summed E-state index contributed by atoms with van der Waals surface area (Å²) in [5.74, 6) is 6.30. The first-order valence-corrected chi connectivity index (χ1v) is 6.81.